The van der Waals surface area contributed by atoms with Crippen LogP contribution in [-0.4, -0.2) is 23.8 Å². The zero-order valence-electron chi connectivity index (χ0n) is 20.1. The first kappa shape index (κ1) is 27.0. The Morgan fingerprint density at radius 3 is 2.47 bits per heavy atom. The van der Waals surface area contributed by atoms with Crippen LogP contribution in [0.3, 0.4) is 0 Å². The minimum absolute atomic E-state index is 0.0591. The van der Waals surface area contributed by atoms with Gasteiger partial charge in [0.05, 0.1) is 18.3 Å². The molecule has 0 fully saturated rings. The van der Waals surface area contributed by atoms with Crippen LogP contribution in [0.15, 0.2) is 60.7 Å². The fraction of sp³-hybridized carbons (Fsp3) is 0.321. The number of hydrogen-bond donors (Lipinski definition) is 1. The van der Waals surface area contributed by atoms with Crippen LogP contribution in [0.5, 0.6) is 11.5 Å². The lowest BCUT2D eigenvalue weighted by Crippen LogP contribution is -2.16. The van der Waals surface area contributed by atoms with E-state index in [1.54, 1.807) is 13.0 Å². The van der Waals surface area contributed by atoms with Crippen molar-refractivity contribution in [3.63, 3.8) is 0 Å². The number of aryl methyl sites for hydroxylation is 2. The third-order valence-corrected chi connectivity index (χ3v) is 5.73. The van der Waals surface area contributed by atoms with Crippen LogP contribution in [0.25, 0.3) is 11.1 Å². The Bertz CT molecular complexity index is 1190. The molecule has 3 aromatic rings. The Labute approximate surface area is 207 Å². The van der Waals surface area contributed by atoms with Crippen molar-refractivity contribution in [3.05, 3.63) is 83.2 Å². The summed E-state index contributed by atoms with van der Waals surface area (Å²) < 4.78 is 65.4. The third-order valence-electron chi connectivity index (χ3n) is 5.73. The molecule has 0 spiro atoms. The molecule has 1 N–H and O–H groups in total. The number of carbonyl (C=O) groups is 1. The van der Waals surface area contributed by atoms with E-state index < -0.39 is 29.6 Å². The lowest BCUT2D eigenvalue weighted by Gasteiger charge is -2.19. The smallest absolute Gasteiger partial charge is 0.416 e. The van der Waals surface area contributed by atoms with E-state index in [0.717, 1.165) is 29.7 Å². The largest absolute Gasteiger partial charge is 0.493 e. The average molecular weight is 505 g/mol. The normalized spacial score (nSPS) is 12.3. The van der Waals surface area contributed by atoms with Crippen LogP contribution in [0.4, 0.5) is 17.6 Å². The molecular formula is C28H28F4O4. The number of benzene rings is 3. The molecule has 0 amide bonds. The molecule has 0 radical (unpaired) electrons. The Balaban J connectivity index is 1.67. The molecule has 8 heteroatoms. The van der Waals surface area contributed by atoms with Gasteiger partial charge in [-0.2, -0.15) is 13.2 Å². The van der Waals surface area contributed by atoms with Crippen molar-refractivity contribution in [2.24, 2.45) is 0 Å². The van der Waals surface area contributed by atoms with Gasteiger partial charge in [0, 0.05) is 18.4 Å². The maximum absolute atomic E-state index is 13.8. The van der Waals surface area contributed by atoms with Gasteiger partial charge in [-0.1, -0.05) is 25.1 Å². The number of carboxylic acid groups (broad SMARTS) is 1. The zero-order valence-corrected chi connectivity index (χ0v) is 20.1. The number of carboxylic acids is 1. The van der Waals surface area contributed by atoms with Crippen molar-refractivity contribution >= 4 is 5.97 Å². The van der Waals surface area contributed by atoms with Gasteiger partial charge < -0.3 is 14.6 Å². The van der Waals surface area contributed by atoms with Gasteiger partial charge >= 0.3 is 12.1 Å². The Hall–Kier alpha value is -3.55. The Kier molecular flexibility index (Phi) is 8.96. The van der Waals surface area contributed by atoms with E-state index in [2.05, 4.69) is 0 Å². The Morgan fingerprint density at radius 1 is 1.03 bits per heavy atom. The van der Waals surface area contributed by atoms with Gasteiger partial charge in [-0.25, -0.2) is 4.39 Å². The topological polar surface area (TPSA) is 55.8 Å². The summed E-state index contributed by atoms with van der Waals surface area (Å²) in [6.07, 6.45) is -3.24. The highest BCUT2D eigenvalue weighted by Gasteiger charge is 2.31. The standard InChI is InChI=1S/C28H28F4O4/c1-3-19-16-24(10-7-20(19)8-12-27(33)34)35-14-13-18(2)36-26-11-9-22(28(30,31)32)17-25(26)21-5-4-6-23(29)15-21/h4-7,9-11,15-18H,3,8,12-14H2,1-2H3,(H,33,34)/t18-/m0/s1. The minimum atomic E-state index is -4.54. The summed E-state index contributed by atoms with van der Waals surface area (Å²) in [6, 6.07) is 14.1. The van der Waals surface area contributed by atoms with Crippen molar-refractivity contribution < 1.29 is 36.9 Å². The van der Waals surface area contributed by atoms with Gasteiger partial charge in [0.25, 0.3) is 0 Å². The summed E-state index contributed by atoms with van der Waals surface area (Å²) in [5.41, 5.74) is 1.58. The summed E-state index contributed by atoms with van der Waals surface area (Å²) in [7, 11) is 0. The molecule has 192 valence electrons. The van der Waals surface area contributed by atoms with Crippen LogP contribution in [-0.2, 0) is 23.8 Å². The molecule has 3 aromatic carbocycles. The van der Waals surface area contributed by atoms with Gasteiger partial charge in [-0.05, 0) is 78.9 Å². The van der Waals surface area contributed by atoms with Gasteiger partial charge in [0.2, 0.25) is 0 Å². The second kappa shape index (κ2) is 11.9. The van der Waals surface area contributed by atoms with Crippen molar-refractivity contribution in [1.29, 1.82) is 0 Å². The summed E-state index contributed by atoms with van der Waals surface area (Å²) in [4.78, 5) is 10.8. The molecule has 0 unspecified atom stereocenters. The van der Waals surface area contributed by atoms with Crippen molar-refractivity contribution in [3.8, 4) is 22.6 Å². The van der Waals surface area contributed by atoms with Crippen LogP contribution >= 0.6 is 0 Å². The summed E-state index contributed by atoms with van der Waals surface area (Å²) in [5, 5.41) is 8.91. The first-order chi connectivity index (χ1) is 17.1. The SMILES string of the molecule is CCc1cc(OCC[C@H](C)Oc2ccc(C(F)(F)F)cc2-c2cccc(F)c2)ccc1CCC(=O)O. The maximum Gasteiger partial charge on any atom is 0.416 e. The zero-order chi connectivity index (χ0) is 26.3. The predicted octanol–water partition coefficient (Wildman–Crippen LogP) is 7.33. The molecule has 1 atom stereocenters. The Morgan fingerprint density at radius 2 is 1.81 bits per heavy atom. The van der Waals surface area contributed by atoms with E-state index in [1.807, 2.05) is 19.1 Å². The predicted molar refractivity (Wildman–Crippen MR) is 129 cm³/mol. The molecule has 0 aromatic heterocycles. The molecule has 0 heterocycles. The third kappa shape index (κ3) is 7.47. The second-order valence-corrected chi connectivity index (χ2v) is 8.46. The van der Waals surface area contributed by atoms with Crippen molar-refractivity contribution in [1.82, 2.24) is 0 Å². The summed E-state index contributed by atoms with van der Waals surface area (Å²) in [6.45, 7) is 4.07. The van der Waals surface area contributed by atoms with Crippen LogP contribution in [0.2, 0.25) is 0 Å². The summed E-state index contributed by atoms with van der Waals surface area (Å²) >= 11 is 0. The van der Waals surface area contributed by atoms with Gasteiger partial charge in [0.1, 0.15) is 17.3 Å². The van der Waals surface area contributed by atoms with Crippen molar-refractivity contribution in [2.45, 2.75) is 51.8 Å². The number of halogens is 4. The molecule has 0 saturated heterocycles. The fourth-order valence-electron chi connectivity index (χ4n) is 3.82. The highest BCUT2D eigenvalue weighted by atomic mass is 19.4. The van der Waals surface area contributed by atoms with Gasteiger partial charge in [-0.3, -0.25) is 4.79 Å². The van der Waals surface area contributed by atoms with E-state index in [9.17, 15) is 22.4 Å². The monoisotopic (exact) mass is 504 g/mol. The fourth-order valence-corrected chi connectivity index (χ4v) is 3.82. The van der Waals surface area contributed by atoms with E-state index in [4.69, 9.17) is 14.6 Å². The number of aliphatic carboxylic acids is 1. The molecule has 4 nitrogen and oxygen atoms in total. The number of hydrogen-bond acceptors (Lipinski definition) is 3. The minimum Gasteiger partial charge on any atom is -0.493 e. The average Bonchev–Trinajstić information content (AvgIpc) is 2.82. The highest BCUT2D eigenvalue weighted by molar-refractivity contribution is 5.71. The van der Waals surface area contributed by atoms with Gasteiger partial charge in [0.15, 0.2) is 0 Å². The van der Waals surface area contributed by atoms with Crippen molar-refractivity contribution in [2.75, 3.05) is 6.61 Å². The first-order valence-corrected chi connectivity index (χ1v) is 11.7. The molecule has 3 rings (SSSR count). The molecule has 0 aliphatic heterocycles. The number of ether oxygens (including phenoxy) is 2. The highest BCUT2D eigenvalue weighted by Crippen LogP contribution is 2.38. The number of rotatable bonds is 11. The molecule has 0 saturated carbocycles. The number of alkyl halides is 3. The molecule has 0 bridgehead atoms. The molecule has 0 aliphatic carbocycles. The lowest BCUT2D eigenvalue weighted by molar-refractivity contribution is -0.138. The van der Waals surface area contributed by atoms with E-state index in [1.165, 1.54) is 30.3 Å². The lowest BCUT2D eigenvalue weighted by atomic mass is 10.0. The van der Waals surface area contributed by atoms with E-state index >= 15 is 0 Å². The maximum atomic E-state index is 13.8. The van der Waals surface area contributed by atoms with E-state index in [0.29, 0.717) is 25.2 Å². The van der Waals surface area contributed by atoms with Crippen LogP contribution in [0.1, 0.15) is 43.4 Å². The quantitative estimate of drug-likeness (QED) is 0.278. The molecule has 36 heavy (non-hydrogen) atoms. The molecular weight excluding hydrogens is 476 g/mol. The second-order valence-electron chi connectivity index (χ2n) is 8.46. The van der Waals surface area contributed by atoms with Gasteiger partial charge in [-0.15, -0.1) is 0 Å². The van der Waals surface area contributed by atoms with E-state index in [-0.39, 0.29) is 23.3 Å². The van der Waals surface area contributed by atoms with Crippen LogP contribution < -0.4 is 9.47 Å². The summed E-state index contributed by atoms with van der Waals surface area (Å²) in [5.74, 6) is -0.539. The first-order valence-electron chi connectivity index (χ1n) is 11.7. The molecule has 0 aliphatic rings. The van der Waals surface area contributed by atoms with Crippen LogP contribution in [0, 0.1) is 5.82 Å².